The van der Waals surface area contributed by atoms with Gasteiger partial charge in [0.15, 0.2) is 5.76 Å². The second-order valence-corrected chi connectivity index (χ2v) is 6.09. The summed E-state index contributed by atoms with van der Waals surface area (Å²) in [6, 6.07) is 12.6. The van der Waals surface area contributed by atoms with E-state index in [4.69, 9.17) is 20.9 Å². The minimum absolute atomic E-state index is 0.0657. The van der Waals surface area contributed by atoms with E-state index in [2.05, 4.69) is 10.5 Å². The van der Waals surface area contributed by atoms with Gasteiger partial charge in [-0.05, 0) is 35.7 Å². The molecule has 0 saturated carbocycles. The molecule has 118 valence electrons. The molecule has 23 heavy (non-hydrogen) atoms. The van der Waals surface area contributed by atoms with Crippen LogP contribution in [0, 0.1) is 0 Å². The lowest BCUT2D eigenvalue weighted by Gasteiger charge is -2.05. The molecule has 1 N–H and O–H groups in total. The molecule has 2 aromatic heterocycles. The van der Waals surface area contributed by atoms with E-state index in [-0.39, 0.29) is 19.1 Å². The molecular formula is C16H13ClN2O3S. The van der Waals surface area contributed by atoms with Crippen molar-refractivity contribution in [1.82, 2.24) is 5.16 Å². The Morgan fingerprint density at radius 3 is 2.87 bits per heavy atom. The van der Waals surface area contributed by atoms with Crippen LogP contribution in [0.2, 0.25) is 5.02 Å². The summed E-state index contributed by atoms with van der Waals surface area (Å²) in [5.41, 5.74) is 1.32. The van der Waals surface area contributed by atoms with Gasteiger partial charge in [-0.2, -0.15) is 0 Å². The van der Waals surface area contributed by atoms with E-state index in [1.54, 1.807) is 35.6 Å². The highest BCUT2D eigenvalue weighted by Gasteiger charge is 2.09. The maximum atomic E-state index is 11.8. The van der Waals surface area contributed by atoms with E-state index in [1.165, 1.54) is 0 Å². The molecule has 7 heteroatoms. The fraction of sp³-hybridized carbons (Fsp3) is 0.125. The van der Waals surface area contributed by atoms with Crippen molar-refractivity contribution < 1.29 is 14.1 Å². The Labute approximate surface area is 141 Å². The predicted octanol–water partition coefficient (Wildman–Crippen LogP) is 4.21. The summed E-state index contributed by atoms with van der Waals surface area (Å²) in [5, 5.41) is 9.23. The van der Waals surface area contributed by atoms with Crippen molar-refractivity contribution in [1.29, 1.82) is 0 Å². The van der Waals surface area contributed by atoms with Gasteiger partial charge in [0.1, 0.15) is 12.3 Å². The maximum Gasteiger partial charge on any atom is 0.250 e. The number of benzene rings is 1. The van der Waals surface area contributed by atoms with Crippen molar-refractivity contribution in [3.05, 3.63) is 58.6 Å². The zero-order chi connectivity index (χ0) is 16.1. The van der Waals surface area contributed by atoms with Crippen LogP contribution in [0.3, 0.4) is 0 Å². The molecule has 0 unspecified atom stereocenters. The number of hydrogen-bond donors (Lipinski definition) is 1. The van der Waals surface area contributed by atoms with E-state index in [1.807, 2.05) is 23.6 Å². The van der Waals surface area contributed by atoms with Crippen molar-refractivity contribution in [2.45, 2.75) is 6.61 Å². The Bertz CT molecular complexity index is 769. The first-order chi connectivity index (χ1) is 11.2. The Kier molecular flexibility index (Phi) is 5.07. The van der Waals surface area contributed by atoms with Gasteiger partial charge in [-0.3, -0.25) is 4.79 Å². The van der Waals surface area contributed by atoms with Gasteiger partial charge in [-0.1, -0.05) is 22.8 Å². The van der Waals surface area contributed by atoms with Gasteiger partial charge >= 0.3 is 0 Å². The number of nitrogens with zero attached hydrogens (tertiary/aromatic N) is 1. The summed E-state index contributed by atoms with van der Waals surface area (Å²) in [6.45, 7) is 0.146. The average Bonchev–Trinajstić information content (AvgIpc) is 3.20. The summed E-state index contributed by atoms with van der Waals surface area (Å²) >= 11 is 7.36. The molecule has 2 heterocycles. The molecule has 1 aromatic carbocycles. The number of hydrogen-bond acceptors (Lipinski definition) is 5. The van der Waals surface area contributed by atoms with Gasteiger partial charge in [-0.25, -0.2) is 0 Å². The summed E-state index contributed by atoms with van der Waals surface area (Å²) in [6.07, 6.45) is 0. The second kappa shape index (κ2) is 7.41. The quantitative estimate of drug-likeness (QED) is 0.724. The topological polar surface area (TPSA) is 64.4 Å². The van der Waals surface area contributed by atoms with Gasteiger partial charge < -0.3 is 14.6 Å². The van der Waals surface area contributed by atoms with Crippen molar-refractivity contribution in [3.63, 3.8) is 0 Å². The van der Waals surface area contributed by atoms with Crippen LogP contribution in [0.5, 0.6) is 0 Å². The molecule has 0 aliphatic heterocycles. The van der Waals surface area contributed by atoms with Crippen LogP contribution < -0.4 is 5.32 Å². The SMILES string of the molecule is O=C(COCc1cc(-c2cccs2)on1)Nc1ccc(Cl)cc1. The number of carbonyl (C=O) groups excluding carboxylic acids is 1. The first-order valence-corrected chi connectivity index (χ1v) is 8.09. The third-order valence-corrected chi connectivity index (χ3v) is 4.07. The minimum Gasteiger partial charge on any atom is -0.365 e. The minimum atomic E-state index is -0.241. The number of rotatable bonds is 6. The Morgan fingerprint density at radius 1 is 1.30 bits per heavy atom. The fourth-order valence-electron chi connectivity index (χ4n) is 1.89. The highest BCUT2D eigenvalue weighted by molar-refractivity contribution is 7.13. The highest BCUT2D eigenvalue weighted by atomic mass is 35.5. The molecule has 0 saturated heterocycles. The normalized spacial score (nSPS) is 10.7. The van der Waals surface area contributed by atoms with Crippen LogP contribution in [0.15, 0.2) is 52.4 Å². The van der Waals surface area contributed by atoms with E-state index in [0.717, 1.165) is 4.88 Å². The van der Waals surface area contributed by atoms with Gasteiger partial charge in [0.25, 0.3) is 0 Å². The highest BCUT2D eigenvalue weighted by Crippen LogP contribution is 2.25. The molecule has 3 rings (SSSR count). The molecule has 5 nitrogen and oxygen atoms in total. The fourth-order valence-corrected chi connectivity index (χ4v) is 2.69. The van der Waals surface area contributed by atoms with Crippen LogP contribution in [0.1, 0.15) is 5.69 Å². The molecule has 0 aliphatic carbocycles. The Balaban J connectivity index is 1.46. The summed E-state index contributed by atoms with van der Waals surface area (Å²) < 4.78 is 10.6. The van der Waals surface area contributed by atoms with Gasteiger partial charge in [0.05, 0.1) is 11.5 Å². The maximum absolute atomic E-state index is 11.8. The van der Waals surface area contributed by atoms with Gasteiger partial charge in [-0.15, -0.1) is 11.3 Å². The zero-order valence-corrected chi connectivity index (χ0v) is 13.6. The molecule has 0 aliphatic rings. The number of ether oxygens (including phenoxy) is 1. The van der Waals surface area contributed by atoms with Crippen molar-refractivity contribution in [3.8, 4) is 10.6 Å². The smallest absolute Gasteiger partial charge is 0.250 e. The molecule has 0 bridgehead atoms. The van der Waals surface area contributed by atoms with Crippen LogP contribution in [0.25, 0.3) is 10.6 Å². The number of thiophene rings is 1. The second-order valence-electron chi connectivity index (χ2n) is 4.71. The molecule has 3 aromatic rings. The number of anilines is 1. The Morgan fingerprint density at radius 2 is 2.13 bits per heavy atom. The number of amides is 1. The molecular weight excluding hydrogens is 336 g/mol. The van der Waals surface area contributed by atoms with Crippen molar-refractivity contribution in [2.24, 2.45) is 0 Å². The van der Waals surface area contributed by atoms with E-state index < -0.39 is 0 Å². The van der Waals surface area contributed by atoms with E-state index >= 15 is 0 Å². The van der Waals surface area contributed by atoms with Crippen molar-refractivity contribution in [2.75, 3.05) is 11.9 Å². The molecule has 1 amide bonds. The van der Waals surface area contributed by atoms with Gasteiger partial charge in [0, 0.05) is 16.8 Å². The number of aromatic nitrogens is 1. The zero-order valence-electron chi connectivity index (χ0n) is 12.0. The summed E-state index contributed by atoms with van der Waals surface area (Å²) in [5.74, 6) is 0.457. The van der Waals surface area contributed by atoms with Crippen LogP contribution >= 0.6 is 22.9 Å². The van der Waals surface area contributed by atoms with E-state index in [9.17, 15) is 4.79 Å². The standard InChI is InChI=1S/C16H13ClN2O3S/c17-11-3-5-12(6-4-11)18-16(20)10-21-9-13-8-14(22-19-13)15-2-1-7-23-15/h1-8H,9-10H2,(H,18,20). The number of halogens is 1. The van der Waals surface area contributed by atoms with E-state index in [0.29, 0.717) is 22.2 Å². The molecule has 0 spiro atoms. The Hall–Kier alpha value is -2.15. The van der Waals surface area contributed by atoms with Crippen molar-refractivity contribution >= 4 is 34.5 Å². The average molecular weight is 349 g/mol. The third-order valence-electron chi connectivity index (χ3n) is 2.93. The first kappa shape index (κ1) is 15.7. The summed E-state index contributed by atoms with van der Waals surface area (Å²) in [4.78, 5) is 12.8. The molecule has 0 atom stereocenters. The number of carbonyl (C=O) groups is 1. The first-order valence-electron chi connectivity index (χ1n) is 6.83. The lowest BCUT2D eigenvalue weighted by atomic mass is 10.3. The lowest BCUT2D eigenvalue weighted by Crippen LogP contribution is -2.18. The van der Waals surface area contributed by atoms with Gasteiger partial charge in [0.2, 0.25) is 5.91 Å². The molecule has 0 radical (unpaired) electrons. The van der Waals surface area contributed by atoms with Crippen LogP contribution in [-0.2, 0) is 16.1 Å². The van der Waals surface area contributed by atoms with Crippen LogP contribution in [0.4, 0.5) is 5.69 Å². The lowest BCUT2D eigenvalue weighted by molar-refractivity contribution is -0.121. The third kappa shape index (κ3) is 4.41. The van der Waals surface area contributed by atoms with Crippen LogP contribution in [-0.4, -0.2) is 17.7 Å². The summed E-state index contributed by atoms with van der Waals surface area (Å²) in [7, 11) is 0. The largest absolute Gasteiger partial charge is 0.365 e. The predicted molar refractivity (Wildman–Crippen MR) is 89.6 cm³/mol. The number of nitrogens with one attached hydrogen (secondary N) is 1. The monoisotopic (exact) mass is 348 g/mol. The molecule has 0 fully saturated rings.